The van der Waals surface area contributed by atoms with E-state index in [2.05, 4.69) is 67.7 Å². The summed E-state index contributed by atoms with van der Waals surface area (Å²) in [6, 6.07) is 8.83. The molecule has 0 bridgehead atoms. The Bertz CT molecular complexity index is 573. The first-order chi connectivity index (χ1) is 9.51. The maximum atomic E-state index is 3.79. The van der Waals surface area contributed by atoms with Gasteiger partial charge in [-0.05, 0) is 51.3 Å². The minimum Gasteiger partial charge on any atom is -0.347 e. The van der Waals surface area contributed by atoms with Gasteiger partial charge in [0.1, 0.15) is 0 Å². The fourth-order valence-electron chi connectivity index (χ4n) is 2.40. The molecule has 0 aliphatic rings. The monoisotopic (exact) mass is 270 g/mol. The number of aromatic nitrogens is 1. The molecule has 20 heavy (non-hydrogen) atoms. The van der Waals surface area contributed by atoms with Crippen molar-refractivity contribution >= 4 is 10.9 Å². The summed E-state index contributed by atoms with van der Waals surface area (Å²) in [6.45, 7) is 12.4. The number of aryl methyl sites for hydroxylation is 1. The van der Waals surface area contributed by atoms with Crippen LogP contribution in [0.5, 0.6) is 0 Å². The van der Waals surface area contributed by atoms with Crippen LogP contribution >= 0.6 is 0 Å². The highest BCUT2D eigenvalue weighted by molar-refractivity contribution is 5.83. The first-order valence-electron chi connectivity index (χ1n) is 7.44. The summed E-state index contributed by atoms with van der Waals surface area (Å²) in [6.07, 6.45) is 6.42. The lowest BCUT2D eigenvalue weighted by molar-refractivity contribution is 0.425. The molecule has 0 saturated carbocycles. The second-order valence-corrected chi connectivity index (χ2v) is 6.39. The number of benzene rings is 1. The van der Waals surface area contributed by atoms with Crippen molar-refractivity contribution in [3.63, 3.8) is 0 Å². The minimum atomic E-state index is 0.148. The molecule has 1 aromatic heterocycles. The third kappa shape index (κ3) is 3.73. The first-order valence-corrected chi connectivity index (χ1v) is 7.44. The summed E-state index contributed by atoms with van der Waals surface area (Å²) in [5, 5.41) is 4.93. The molecule has 1 N–H and O–H groups in total. The van der Waals surface area contributed by atoms with E-state index in [1.54, 1.807) is 0 Å². The maximum absolute atomic E-state index is 3.79. The zero-order valence-electron chi connectivity index (χ0n) is 12.9. The average Bonchev–Trinajstić information content (AvgIpc) is 2.80. The molecule has 0 aliphatic heterocycles. The molecule has 0 amide bonds. The molecule has 0 unspecified atom stereocenters. The van der Waals surface area contributed by atoms with Crippen LogP contribution < -0.4 is 5.32 Å². The number of hydrogen-bond donors (Lipinski definition) is 1. The number of nitrogens with zero attached hydrogens (tertiary/aromatic N) is 1. The van der Waals surface area contributed by atoms with Crippen LogP contribution in [0, 0.1) is 0 Å². The molecule has 0 fully saturated rings. The van der Waals surface area contributed by atoms with Gasteiger partial charge >= 0.3 is 0 Å². The zero-order chi connectivity index (χ0) is 14.6. The third-order valence-corrected chi connectivity index (χ3v) is 3.52. The van der Waals surface area contributed by atoms with Crippen molar-refractivity contribution in [1.29, 1.82) is 0 Å². The third-order valence-electron chi connectivity index (χ3n) is 3.52. The van der Waals surface area contributed by atoms with E-state index in [4.69, 9.17) is 0 Å². The fourth-order valence-corrected chi connectivity index (χ4v) is 2.40. The molecule has 2 rings (SSSR count). The molecule has 0 radical (unpaired) electrons. The van der Waals surface area contributed by atoms with Crippen LogP contribution in [-0.4, -0.2) is 10.1 Å². The van der Waals surface area contributed by atoms with Crippen LogP contribution in [-0.2, 0) is 13.1 Å². The number of unbranched alkanes of at least 4 members (excludes halogenated alkanes) is 1. The lowest BCUT2D eigenvalue weighted by Gasteiger charge is -2.21. The van der Waals surface area contributed by atoms with Crippen molar-refractivity contribution in [2.24, 2.45) is 0 Å². The Hall–Kier alpha value is -1.54. The smallest absolute Gasteiger partial charge is 0.0483 e. The second-order valence-electron chi connectivity index (χ2n) is 6.39. The maximum Gasteiger partial charge on any atom is 0.0483 e. The van der Waals surface area contributed by atoms with Gasteiger partial charge in [0.15, 0.2) is 0 Å². The molecule has 0 atom stereocenters. The summed E-state index contributed by atoms with van der Waals surface area (Å²) in [7, 11) is 0. The van der Waals surface area contributed by atoms with Crippen LogP contribution in [0.4, 0.5) is 0 Å². The predicted octanol–water partition coefficient (Wildman–Crippen LogP) is 4.50. The quantitative estimate of drug-likeness (QED) is 0.604. The molecule has 0 spiro atoms. The fraction of sp³-hybridized carbons (Fsp3) is 0.444. The van der Waals surface area contributed by atoms with Crippen molar-refractivity contribution in [3.8, 4) is 0 Å². The van der Waals surface area contributed by atoms with Crippen LogP contribution in [0.3, 0.4) is 0 Å². The zero-order valence-corrected chi connectivity index (χ0v) is 12.9. The van der Waals surface area contributed by atoms with Gasteiger partial charge < -0.3 is 9.88 Å². The van der Waals surface area contributed by atoms with E-state index in [0.717, 1.165) is 25.9 Å². The molecule has 0 aliphatic carbocycles. The standard InChI is InChI=1S/C18H26N2/c1-5-6-7-12-20-13-11-16-15(9-8-10-17(16)20)14-19-18(2,3)4/h5,8-11,13,19H,1,6-7,12,14H2,2-4H3. The first kappa shape index (κ1) is 14.9. The molecular formula is C18H26N2. The molecule has 1 heterocycles. The van der Waals surface area contributed by atoms with Crippen molar-refractivity contribution in [2.45, 2.75) is 52.2 Å². The Kier molecular flexibility index (Phi) is 4.66. The van der Waals surface area contributed by atoms with Gasteiger partial charge in [0.25, 0.3) is 0 Å². The largest absolute Gasteiger partial charge is 0.347 e. The van der Waals surface area contributed by atoms with Crippen LogP contribution in [0.25, 0.3) is 10.9 Å². The SMILES string of the molecule is C=CCCCn1ccc2c(CNC(C)(C)C)cccc21. The van der Waals surface area contributed by atoms with E-state index in [-0.39, 0.29) is 5.54 Å². The summed E-state index contributed by atoms with van der Waals surface area (Å²) >= 11 is 0. The number of rotatable bonds is 6. The topological polar surface area (TPSA) is 17.0 Å². The minimum absolute atomic E-state index is 0.148. The molecular weight excluding hydrogens is 244 g/mol. The highest BCUT2D eigenvalue weighted by Gasteiger charge is 2.10. The molecule has 2 nitrogen and oxygen atoms in total. The number of allylic oxidation sites excluding steroid dienone is 1. The van der Waals surface area contributed by atoms with E-state index in [0.29, 0.717) is 0 Å². The summed E-state index contributed by atoms with van der Waals surface area (Å²) in [5.41, 5.74) is 2.86. The Morgan fingerprint density at radius 1 is 1.25 bits per heavy atom. The Labute approximate surface area is 122 Å². The normalized spacial score (nSPS) is 11.9. The lowest BCUT2D eigenvalue weighted by atomic mass is 10.1. The molecule has 108 valence electrons. The van der Waals surface area contributed by atoms with Gasteiger partial charge in [0.2, 0.25) is 0 Å². The van der Waals surface area contributed by atoms with E-state index >= 15 is 0 Å². The van der Waals surface area contributed by atoms with Gasteiger partial charge in [0, 0.05) is 35.7 Å². The van der Waals surface area contributed by atoms with Crippen LogP contribution in [0.15, 0.2) is 43.1 Å². The van der Waals surface area contributed by atoms with Crippen LogP contribution in [0.1, 0.15) is 39.2 Å². The predicted molar refractivity (Wildman–Crippen MR) is 88.0 cm³/mol. The highest BCUT2D eigenvalue weighted by Crippen LogP contribution is 2.21. The van der Waals surface area contributed by atoms with E-state index in [1.807, 2.05) is 6.08 Å². The Morgan fingerprint density at radius 2 is 2.05 bits per heavy atom. The number of nitrogens with one attached hydrogen (secondary N) is 1. The van der Waals surface area contributed by atoms with Gasteiger partial charge in [-0.3, -0.25) is 0 Å². The number of hydrogen-bond acceptors (Lipinski definition) is 1. The Balaban J connectivity index is 2.18. The summed E-state index contributed by atoms with van der Waals surface area (Å²) in [4.78, 5) is 0. The van der Waals surface area contributed by atoms with Crippen molar-refractivity contribution in [2.75, 3.05) is 0 Å². The number of fused-ring (bicyclic) bond motifs is 1. The second kappa shape index (κ2) is 6.27. The van der Waals surface area contributed by atoms with Crippen LogP contribution in [0.2, 0.25) is 0 Å². The van der Waals surface area contributed by atoms with E-state index in [1.165, 1.54) is 16.5 Å². The highest BCUT2D eigenvalue weighted by atomic mass is 15.0. The lowest BCUT2D eigenvalue weighted by Crippen LogP contribution is -2.35. The summed E-state index contributed by atoms with van der Waals surface area (Å²) in [5.74, 6) is 0. The molecule has 0 saturated heterocycles. The summed E-state index contributed by atoms with van der Waals surface area (Å²) < 4.78 is 2.35. The molecule has 2 heteroatoms. The van der Waals surface area contributed by atoms with E-state index < -0.39 is 0 Å². The molecule has 1 aromatic carbocycles. The average molecular weight is 270 g/mol. The van der Waals surface area contributed by atoms with Gasteiger partial charge in [-0.1, -0.05) is 18.2 Å². The van der Waals surface area contributed by atoms with Crippen molar-refractivity contribution < 1.29 is 0 Å². The van der Waals surface area contributed by atoms with Crippen molar-refractivity contribution in [3.05, 3.63) is 48.7 Å². The Morgan fingerprint density at radius 3 is 2.75 bits per heavy atom. The molecule has 2 aromatic rings. The van der Waals surface area contributed by atoms with Gasteiger partial charge in [0.05, 0.1) is 0 Å². The van der Waals surface area contributed by atoms with Gasteiger partial charge in [-0.25, -0.2) is 0 Å². The van der Waals surface area contributed by atoms with Gasteiger partial charge in [-0.15, -0.1) is 6.58 Å². The van der Waals surface area contributed by atoms with E-state index in [9.17, 15) is 0 Å². The van der Waals surface area contributed by atoms with Gasteiger partial charge in [-0.2, -0.15) is 0 Å². The van der Waals surface area contributed by atoms with Crippen molar-refractivity contribution in [1.82, 2.24) is 9.88 Å².